The van der Waals surface area contributed by atoms with Crippen molar-refractivity contribution < 1.29 is 13.2 Å². The van der Waals surface area contributed by atoms with Gasteiger partial charge in [0.25, 0.3) is 15.9 Å². The summed E-state index contributed by atoms with van der Waals surface area (Å²) >= 11 is 0. The average Bonchev–Trinajstić information content (AvgIpc) is 3.15. The zero-order valence-electron chi connectivity index (χ0n) is 15.9. The fourth-order valence-corrected chi connectivity index (χ4v) is 3.80. The smallest absolute Gasteiger partial charge is 0.279 e. The number of aromatic nitrogens is 2. The molecule has 0 spiro atoms. The van der Waals surface area contributed by atoms with E-state index in [-0.39, 0.29) is 10.6 Å². The molecule has 3 N–H and O–H groups in total. The predicted octanol–water partition coefficient (Wildman–Crippen LogP) is 3.89. The summed E-state index contributed by atoms with van der Waals surface area (Å²) in [4.78, 5) is 12.7. The molecule has 0 unspecified atom stereocenters. The molecule has 1 heterocycles. The highest BCUT2D eigenvalue weighted by Crippen LogP contribution is 2.21. The van der Waals surface area contributed by atoms with Gasteiger partial charge < -0.3 is 5.32 Å². The zero-order valence-corrected chi connectivity index (χ0v) is 16.7. The van der Waals surface area contributed by atoms with E-state index in [2.05, 4.69) is 34.1 Å². The van der Waals surface area contributed by atoms with Crippen LogP contribution in [0.15, 0.2) is 59.8 Å². The number of nitrogens with zero attached hydrogens (tertiary/aromatic N) is 1. The molecule has 0 bridgehead atoms. The van der Waals surface area contributed by atoms with Crippen molar-refractivity contribution in [3.63, 3.8) is 0 Å². The first kappa shape index (κ1) is 19.6. The van der Waals surface area contributed by atoms with Crippen LogP contribution in [0.1, 0.15) is 41.3 Å². The highest BCUT2D eigenvalue weighted by Gasteiger charge is 2.25. The van der Waals surface area contributed by atoms with Gasteiger partial charge in [0.05, 0.1) is 11.8 Å². The highest BCUT2D eigenvalue weighted by molar-refractivity contribution is 7.92. The van der Waals surface area contributed by atoms with E-state index >= 15 is 0 Å². The van der Waals surface area contributed by atoms with Gasteiger partial charge in [-0.1, -0.05) is 43.7 Å². The number of carbonyl (C=O) groups excluding carboxylic acids is 1. The molecule has 0 aliphatic heterocycles. The summed E-state index contributed by atoms with van der Waals surface area (Å²) in [6.07, 6.45) is 1.20. The van der Waals surface area contributed by atoms with E-state index in [9.17, 15) is 13.2 Å². The van der Waals surface area contributed by atoms with Gasteiger partial charge in [-0.15, -0.1) is 0 Å². The van der Waals surface area contributed by atoms with Crippen molar-refractivity contribution in [1.29, 1.82) is 0 Å². The van der Waals surface area contributed by atoms with E-state index in [0.29, 0.717) is 17.3 Å². The van der Waals surface area contributed by atoms with Gasteiger partial charge in [-0.05, 0) is 42.7 Å². The van der Waals surface area contributed by atoms with Crippen molar-refractivity contribution in [3.8, 4) is 0 Å². The number of benzene rings is 2. The summed E-state index contributed by atoms with van der Waals surface area (Å²) in [5, 5.41) is 8.61. The van der Waals surface area contributed by atoms with Crippen LogP contribution in [0.25, 0.3) is 0 Å². The van der Waals surface area contributed by atoms with Crippen LogP contribution in [0, 0.1) is 6.92 Å². The Kier molecular flexibility index (Phi) is 5.51. The van der Waals surface area contributed by atoms with Gasteiger partial charge in [0.15, 0.2) is 5.03 Å². The van der Waals surface area contributed by atoms with Gasteiger partial charge in [-0.2, -0.15) is 13.5 Å². The molecule has 0 atom stereocenters. The highest BCUT2D eigenvalue weighted by atomic mass is 32.2. The second-order valence-electron chi connectivity index (χ2n) is 6.82. The van der Waals surface area contributed by atoms with Crippen molar-refractivity contribution in [2.75, 3.05) is 10.0 Å². The summed E-state index contributed by atoms with van der Waals surface area (Å²) < 4.78 is 27.9. The summed E-state index contributed by atoms with van der Waals surface area (Å²) in [6, 6.07) is 14.3. The maximum Gasteiger partial charge on any atom is 0.279 e. The Morgan fingerprint density at radius 3 is 2.46 bits per heavy atom. The van der Waals surface area contributed by atoms with Crippen molar-refractivity contribution in [1.82, 2.24) is 10.2 Å². The van der Waals surface area contributed by atoms with Crippen LogP contribution in [0.4, 0.5) is 11.4 Å². The molecule has 0 aliphatic carbocycles. The average molecular weight is 398 g/mol. The number of carbonyl (C=O) groups is 1. The van der Waals surface area contributed by atoms with Crippen molar-refractivity contribution >= 4 is 27.3 Å². The van der Waals surface area contributed by atoms with E-state index in [1.54, 1.807) is 30.3 Å². The Hall–Kier alpha value is -3.13. The number of aromatic amines is 1. The van der Waals surface area contributed by atoms with E-state index in [0.717, 1.165) is 11.1 Å². The van der Waals surface area contributed by atoms with E-state index in [4.69, 9.17) is 0 Å². The van der Waals surface area contributed by atoms with Gasteiger partial charge in [0.1, 0.15) is 0 Å². The zero-order chi connectivity index (χ0) is 20.3. The summed E-state index contributed by atoms with van der Waals surface area (Å²) in [6.45, 7) is 6.01. The standard InChI is InChI=1S/C20H22N4O3S/c1-13(2)15-5-4-6-17(11-15)22-19(25)18-12-21-23-20(18)28(26,27)24-16-9-7-14(3)8-10-16/h4-13,24H,1-3H3,(H,21,23)(H,22,25). The van der Waals surface area contributed by atoms with Gasteiger partial charge in [0, 0.05) is 11.4 Å². The minimum Gasteiger partial charge on any atom is -0.322 e. The molecule has 0 radical (unpaired) electrons. The fourth-order valence-electron chi connectivity index (χ4n) is 2.64. The molecule has 8 heteroatoms. The molecule has 28 heavy (non-hydrogen) atoms. The number of nitrogens with one attached hydrogen (secondary N) is 3. The van der Waals surface area contributed by atoms with Crippen molar-refractivity contribution in [2.45, 2.75) is 31.7 Å². The van der Waals surface area contributed by atoms with E-state index < -0.39 is 15.9 Å². The second kappa shape index (κ2) is 7.85. The number of amides is 1. The Balaban J connectivity index is 1.83. The minimum absolute atomic E-state index is 0.0606. The topological polar surface area (TPSA) is 104 Å². The summed E-state index contributed by atoms with van der Waals surface area (Å²) in [7, 11) is -4.00. The van der Waals surface area contributed by atoms with Crippen LogP contribution in [-0.2, 0) is 10.0 Å². The van der Waals surface area contributed by atoms with Gasteiger partial charge in [0.2, 0.25) is 0 Å². The summed E-state index contributed by atoms with van der Waals surface area (Å²) in [5.74, 6) is -0.251. The van der Waals surface area contributed by atoms with Crippen LogP contribution in [-0.4, -0.2) is 24.5 Å². The number of sulfonamides is 1. The lowest BCUT2D eigenvalue weighted by Crippen LogP contribution is -2.19. The monoisotopic (exact) mass is 398 g/mol. The third-order valence-electron chi connectivity index (χ3n) is 4.23. The predicted molar refractivity (Wildman–Crippen MR) is 109 cm³/mol. The third-order valence-corrected chi connectivity index (χ3v) is 5.59. The lowest BCUT2D eigenvalue weighted by Gasteiger charge is -2.11. The SMILES string of the molecule is Cc1ccc(NS(=O)(=O)c2[nH]ncc2C(=O)Nc2cccc(C(C)C)c2)cc1. The molecular weight excluding hydrogens is 376 g/mol. The number of hydrogen-bond donors (Lipinski definition) is 3. The summed E-state index contributed by atoms with van der Waals surface area (Å²) in [5.41, 5.74) is 3.00. The number of H-pyrrole nitrogens is 1. The maximum atomic E-state index is 12.7. The number of aryl methyl sites for hydroxylation is 1. The van der Waals surface area contributed by atoms with Crippen LogP contribution < -0.4 is 10.0 Å². The van der Waals surface area contributed by atoms with Gasteiger partial charge in [-0.3, -0.25) is 14.6 Å². The Morgan fingerprint density at radius 1 is 1.07 bits per heavy atom. The molecule has 7 nitrogen and oxygen atoms in total. The molecule has 0 saturated carbocycles. The van der Waals surface area contributed by atoms with Gasteiger partial charge in [-0.25, -0.2) is 0 Å². The molecule has 146 valence electrons. The number of anilines is 2. The fraction of sp³-hybridized carbons (Fsp3) is 0.200. The maximum absolute atomic E-state index is 12.7. The molecule has 3 rings (SSSR count). The Bertz CT molecular complexity index is 1090. The first-order valence-corrected chi connectivity index (χ1v) is 10.3. The molecule has 0 aliphatic rings. The largest absolute Gasteiger partial charge is 0.322 e. The van der Waals surface area contributed by atoms with E-state index in [1.807, 2.05) is 25.1 Å². The lowest BCUT2D eigenvalue weighted by atomic mass is 10.0. The number of rotatable bonds is 6. The molecule has 0 saturated heterocycles. The van der Waals surface area contributed by atoms with Crippen LogP contribution in [0.3, 0.4) is 0 Å². The van der Waals surface area contributed by atoms with Crippen molar-refractivity contribution in [3.05, 3.63) is 71.4 Å². The quantitative estimate of drug-likeness (QED) is 0.586. The lowest BCUT2D eigenvalue weighted by molar-refractivity contribution is 0.102. The number of hydrogen-bond acceptors (Lipinski definition) is 4. The molecule has 1 aromatic heterocycles. The molecule has 3 aromatic rings. The third kappa shape index (κ3) is 4.40. The normalized spacial score (nSPS) is 11.4. The van der Waals surface area contributed by atoms with Crippen molar-refractivity contribution in [2.24, 2.45) is 0 Å². The first-order valence-electron chi connectivity index (χ1n) is 8.80. The van der Waals surface area contributed by atoms with E-state index in [1.165, 1.54) is 6.20 Å². The van der Waals surface area contributed by atoms with Crippen LogP contribution in [0.2, 0.25) is 0 Å². The molecule has 2 aromatic carbocycles. The van der Waals surface area contributed by atoms with Crippen LogP contribution in [0.5, 0.6) is 0 Å². The molecular formula is C20H22N4O3S. The first-order chi connectivity index (χ1) is 13.3. The van der Waals surface area contributed by atoms with Gasteiger partial charge >= 0.3 is 0 Å². The second-order valence-corrected chi connectivity index (χ2v) is 8.44. The Labute approximate surface area is 164 Å². The minimum atomic E-state index is -4.00. The Morgan fingerprint density at radius 2 is 1.79 bits per heavy atom. The molecule has 1 amide bonds. The van der Waals surface area contributed by atoms with Crippen LogP contribution >= 0.6 is 0 Å². The molecule has 0 fully saturated rings.